The van der Waals surface area contributed by atoms with Crippen LogP contribution < -0.4 is 0 Å². The Morgan fingerprint density at radius 2 is 1.29 bits per heavy atom. The van der Waals surface area contributed by atoms with Gasteiger partial charge in [-0.15, -0.1) is 0 Å². The van der Waals surface area contributed by atoms with Gasteiger partial charge in [-0.1, -0.05) is 119 Å². The van der Waals surface area contributed by atoms with Crippen LogP contribution in [-0.2, 0) is 13.3 Å². The number of hydrogen-bond acceptors (Lipinski definition) is 3. The minimum absolute atomic E-state index is 0.0353. The van der Waals surface area contributed by atoms with Crippen molar-refractivity contribution in [3.05, 3.63) is 35.5 Å². The Bertz CT molecular complexity index is 1350. The molecule has 0 radical (unpaired) electrons. The normalized spacial score (nSPS) is 33.4. The van der Waals surface area contributed by atoms with E-state index >= 15 is 0 Å². The highest BCUT2D eigenvalue weighted by molar-refractivity contribution is 6.75. The summed E-state index contributed by atoms with van der Waals surface area (Å²) in [5.74, 6) is 2.52. The van der Waals surface area contributed by atoms with Gasteiger partial charge in [0.2, 0.25) is 0 Å². The molecule has 0 aromatic heterocycles. The monoisotopic (exact) mass is 757 g/mol. The van der Waals surface area contributed by atoms with Crippen LogP contribution in [0.25, 0.3) is 0 Å². The van der Waals surface area contributed by atoms with E-state index in [0.717, 1.165) is 25.2 Å². The molecule has 0 aromatic rings. The van der Waals surface area contributed by atoms with E-state index in [1.54, 1.807) is 11.1 Å². The minimum atomic E-state index is -2.02. The SMILES string of the molecule is C[C@H](/C=C/CC(C)(C)O[Si](C)(C)C(C)(C)C)[C@H]1CC[C@H]2C3=CC=C4CC(O[Si](C)(C)C(C)(C)C)CC(O[Si](C)(C)C(C)(C)C)[C@]4(C)[C@H]3CC[C@]12C. The number of allylic oxidation sites excluding steroid dienone is 4. The standard InChI is InChI=1S/C45H84O3Si3/c1-32(22-21-28-43(11,12)48-51(19,20)42(8,9)10)36-25-26-37-35-24-23-33-30-34(46-49(15,16)40(2,3)4)31-39(47-50(17,18)41(5,6)7)45(33,14)38(35)27-29-44(36,37)13/h21-24,32,34,36-39H,25-31H2,1-20H3/b22-21+/t32-,34?,36-,37+,38+,39?,44-,45+/m1/s1. The zero-order chi connectivity index (χ0) is 39.0. The second-order valence-electron chi connectivity index (χ2n) is 23.4. The topological polar surface area (TPSA) is 27.7 Å². The smallest absolute Gasteiger partial charge is 0.192 e. The quantitative estimate of drug-likeness (QED) is 0.164. The Hall–Kier alpha value is -0.249. The van der Waals surface area contributed by atoms with Crippen molar-refractivity contribution < 1.29 is 13.3 Å². The first kappa shape index (κ1) is 43.5. The number of fused-ring (bicyclic) bond motifs is 5. The molecule has 4 aliphatic carbocycles. The van der Waals surface area contributed by atoms with E-state index in [-0.39, 0.29) is 38.3 Å². The van der Waals surface area contributed by atoms with Crippen LogP contribution in [0.3, 0.4) is 0 Å². The summed E-state index contributed by atoms with van der Waals surface area (Å²) in [6.45, 7) is 48.3. The molecule has 0 saturated heterocycles. The Morgan fingerprint density at radius 1 is 0.745 bits per heavy atom. The first-order chi connectivity index (χ1) is 22.8. The highest BCUT2D eigenvalue weighted by Crippen LogP contribution is 2.67. The molecular formula is C45H84O3Si3. The van der Waals surface area contributed by atoms with Crippen LogP contribution in [-0.4, -0.2) is 42.8 Å². The van der Waals surface area contributed by atoms with Crippen LogP contribution in [0.2, 0.25) is 54.4 Å². The van der Waals surface area contributed by atoms with Gasteiger partial charge in [-0.2, -0.15) is 0 Å². The summed E-state index contributed by atoms with van der Waals surface area (Å²) in [6, 6.07) is 0. The average molecular weight is 757 g/mol. The van der Waals surface area contributed by atoms with Gasteiger partial charge in [-0.05, 0) is 142 Å². The second kappa shape index (κ2) is 14.0. The third kappa shape index (κ3) is 8.47. The molecule has 0 aliphatic heterocycles. The van der Waals surface area contributed by atoms with Crippen LogP contribution in [0.4, 0.5) is 0 Å². The summed E-state index contributed by atoms with van der Waals surface area (Å²) in [6.07, 6.45) is 19.0. The zero-order valence-corrected chi connectivity index (χ0v) is 40.4. The second-order valence-corrected chi connectivity index (χ2v) is 37.6. The Morgan fingerprint density at radius 3 is 1.84 bits per heavy atom. The molecule has 0 N–H and O–H groups in total. The molecule has 4 rings (SSSR count). The lowest BCUT2D eigenvalue weighted by atomic mass is 9.49. The molecule has 6 heteroatoms. The van der Waals surface area contributed by atoms with Crippen molar-refractivity contribution in [3.63, 3.8) is 0 Å². The number of rotatable bonds is 10. The Balaban J connectivity index is 1.60. The maximum absolute atomic E-state index is 7.60. The van der Waals surface area contributed by atoms with Crippen LogP contribution in [0.1, 0.15) is 142 Å². The highest BCUT2D eigenvalue weighted by Gasteiger charge is 2.60. The summed E-state index contributed by atoms with van der Waals surface area (Å²) in [5.41, 5.74) is 3.60. The van der Waals surface area contributed by atoms with E-state index < -0.39 is 25.0 Å². The fraction of sp³-hybridized carbons (Fsp3) is 0.867. The van der Waals surface area contributed by atoms with Gasteiger partial charge < -0.3 is 13.3 Å². The summed E-state index contributed by atoms with van der Waals surface area (Å²) < 4.78 is 21.7. The molecule has 0 heterocycles. The molecule has 51 heavy (non-hydrogen) atoms. The molecule has 0 aromatic carbocycles. The summed E-state index contributed by atoms with van der Waals surface area (Å²) in [4.78, 5) is 0. The molecule has 0 amide bonds. The molecule has 294 valence electrons. The lowest BCUT2D eigenvalue weighted by molar-refractivity contribution is -0.0441. The zero-order valence-electron chi connectivity index (χ0n) is 37.4. The van der Waals surface area contributed by atoms with Crippen molar-refractivity contribution in [2.75, 3.05) is 0 Å². The highest BCUT2D eigenvalue weighted by atomic mass is 28.4. The van der Waals surface area contributed by atoms with Crippen LogP contribution in [0.15, 0.2) is 35.5 Å². The molecule has 4 aliphatic rings. The lowest BCUT2D eigenvalue weighted by Gasteiger charge is -2.59. The van der Waals surface area contributed by atoms with Gasteiger partial charge >= 0.3 is 0 Å². The van der Waals surface area contributed by atoms with Crippen molar-refractivity contribution in [2.45, 2.75) is 214 Å². The average Bonchev–Trinajstić information content (AvgIpc) is 3.28. The summed E-state index contributed by atoms with van der Waals surface area (Å²) in [7, 11) is -5.76. The largest absolute Gasteiger partial charge is 0.414 e. The van der Waals surface area contributed by atoms with E-state index in [9.17, 15) is 0 Å². The maximum atomic E-state index is 7.60. The maximum Gasteiger partial charge on any atom is 0.192 e. The van der Waals surface area contributed by atoms with E-state index in [1.807, 2.05) is 0 Å². The van der Waals surface area contributed by atoms with E-state index in [2.05, 4.69) is 161 Å². The third-order valence-electron chi connectivity index (χ3n) is 16.2. The van der Waals surface area contributed by atoms with Crippen molar-refractivity contribution in [1.29, 1.82) is 0 Å². The first-order valence-electron chi connectivity index (χ1n) is 20.9. The van der Waals surface area contributed by atoms with Crippen molar-refractivity contribution >= 4 is 25.0 Å². The van der Waals surface area contributed by atoms with Crippen LogP contribution in [0, 0.1) is 34.5 Å². The van der Waals surface area contributed by atoms with Gasteiger partial charge in [0.25, 0.3) is 0 Å². The van der Waals surface area contributed by atoms with Crippen molar-refractivity contribution in [1.82, 2.24) is 0 Å². The molecule has 8 atom stereocenters. The van der Waals surface area contributed by atoms with E-state index in [0.29, 0.717) is 23.2 Å². The predicted molar refractivity (Wildman–Crippen MR) is 230 cm³/mol. The van der Waals surface area contributed by atoms with Gasteiger partial charge in [0.15, 0.2) is 25.0 Å². The van der Waals surface area contributed by atoms with E-state index in [4.69, 9.17) is 13.3 Å². The van der Waals surface area contributed by atoms with Crippen molar-refractivity contribution in [2.24, 2.45) is 34.5 Å². The summed E-state index contributed by atoms with van der Waals surface area (Å²) in [5, 5.41) is 0.599. The molecular weight excluding hydrogens is 673 g/mol. The van der Waals surface area contributed by atoms with Crippen molar-refractivity contribution in [3.8, 4) is 0 Å². The molecule has 3 fully saturated rings. The van der Waals surface area contributed by atoms with Crippen LogP contribution in [0.5, 0.6) is 0 Å². The predicted octanol–water partition coefficient (Wildman–Crippen LogP) is 14.3. The fourth-order valence-electron chi connectivity index (χ4n) is 9.88. The third-order valence-corrected chi connectivity index (χ3v) is 29.9. The fourth-order valence-corrected chi connectivity index (χ4v) is 14.4. The summed E-state index contributed by atoms with van der Waals surface area (Å²) >= 11 is 0. The van der Waals surface area contributed by atoms with Gasteiger partial charge in [-0.3, -0.25) is 0 Å². The lowest BCUT2D eigenvalue weighted by Crippen LogP contribution is -2.58. The molecule has 0 bridgehead atoms. The molecule has 0 spiro atoms. The molecule has 3 saturated carbocycles. The van der Waals surface area contributed by atoms with Gasteiger partial charge in [-0.25, -0.2) is 0 Å². The van der Waals surface area contributed by atoms with Gasteiger partial charge in [0, 0.05) is 5.41 Å². The minimum Gasteiger partial charge on any atom is -0.414 e. The first-order valence-corrected chi connectivity index (χ1v) is 29.7. The molecule has 2 unspecified atom stereocenters. The molecule has 3 nitrogen and oxygen atoms in total. The van der Waals surface area contributed by atoms with E-state index in [1.165, 1.54) is 25.7 Å². The van der Waals surface area contributed by atoms with Gasteiger partial charge in [0.1, 0.15) is 0 Å². The number of hydrogen-bond donors (Lipinski definition) is 0. The Kier molecular flexibility index (Phi) is 12.0. The van der Waals surface area contributed by atoms with Crippen LogP contribution >= 0.6 is 0 Å². The Labute approximate surface area is 321 Å². The van der Waals surface area contributed by atoms with Gasteiger partial charge in [0.05, 0.1) is 17.8 Å².